The Hall–Kier alpha value is -2.32. The van der Waals surface area contributed by atoms with E-state index in [4.69, 9.17) is 5.26 Å². The predicted molar refractivity (Wildman–Crippen MR) is 69.8 cm³/mol. The van der Waals surface area contributed by atoms with Crippen LogP contribution < -0.4 is 0 Å². The van der Waals surface area contributed by atoms with Gasteiger partial charge in [0.2, 0.25) is 12.2 Å². The molecule has 0 spiro atoms. The Kier molecular flexibility index (Phi) is 5.54. The minimum absolute atomic E-state index is 0.580. The monoisotopic (exact) mass is 368 g/mol. The Morgan fingerprint density at radius 2 is 1.76 bits per heavy atom. The van der Waals surface area contributed by atoms with E-state index in [9.17, 15) is 31.4 Å². The lowest BCUT2D eigenvalue weighted by atomic mass is 10.1. The minimum Gasteiger partial charge on any atom is -0.445 e. The van der Waals surface area contributed by atoms with Gasteiger partial charge >= 0.3 is 0 Å². The molecule has 0 saturated carbocycles. The standard InChI is InChI=1S/C14H10F6N2O3/c1-24-6(12(19)20)2-5-14(23)25-13(22-5)7-10(17)8(15)4(3-21)9(16)11(7)18/h5-6,12,14,23H,2H2,1H3. The van der Waals surface area contributed by atoms with E-state index in [0.29, 0.717) is 0 Å². The number of hydrogen-bond acceptors (Lipinski definition) is 5. The first-order chi connectivity index (χ1) is 11.7. The molecular formula is C14H10F6N2O3. The highest BCUT2D eigenvalue weighted by molar-refractivity contribution is 5.96. The van der Waals surface area contributed by atoms with E-state index in [-0.39, 0.29) is 0 Å². The summed E-state index contributed by atoms with van der Waals surface area (Å²) in [6, 6.07) is -0.441. The number of ether oxygens (including phenoxy) is 2. The van der Waals surface area contributed by atoms with Crippen LogP contribution in [-0.4, -0.2) is 43.0 Å². The molecule has 136 valence electrons. The number of nitrogens with zero attached hydrogens (tertiary/aromatic N) is 2. The maximum Gasteiger partial charge on any atom is 0.264 e. The van der Waals surface area contributed by atoms with Crippen molar-refractivity contribution in [1.82, 2.24) is 0 Å². The molecule has 0 aromatic heterocycles. The van der Waals surface area contributed by atoms with E-state index in [2.05, 4.69) is 14.5 Å². The number of hydrogen-bond donors (Lipinski definition) is 1. The summed E-state index contributed by atoms with van der Waals surface area (Å²) in [7, 11) is 0.981. The van der Waals surface area contributed by atoms with Crippen molar-refractivity contribution >= 4 is 5.90 Å². The second-order valence-corrected chi connectivity index (χ2v) is 4.97. The van der Waals surface area contributed by atoms with E-state index >= 15 is 0 Å². The van der Waals surface area contributed by atoms with Gasteiger partial charge in [-0.2, -0.15) is 5.26 Å². The van der Waals surface area contributed by atoms with Crippen molar-refractivity contribution in [2.75, 3.05) is 7.11 Å². The van der Waals surface area contributed by atoms with Gasteiger partial charge in [-0.15, -0.1) is 0 Å². The Labute approximate surface area is 137 Å². The molecule has 5 nitrogen and oxygen atoms in total. The number of benzene rings is 1. The highest BCUT2D eigenvalue weighted by atomic mass is 19.3. The molecule has 1 aromatic rings. The van der Waals surface area contributed by atoms with Crippen LogP contribution in [0.25, 0.3) is 0 Å². The van der Waals surface area contributed by atoms with Gasteiger partial charge < -0.3 is 14.6 Å². The molecule has 0 radical (unpaired) electrons. The lowest BCUT2D eigenvalue weighted by Crippen LogP contribution is -2.31. The van der Waals surface area contributed by atoms with Crippen LogP contribution in [-0.2, 0) is 9.47 Å². The van der Waals surface area contributed by atoms with Crippen LogP contribution in [0.2, 0.25) is 0 Å². The first-order valence-electron chi connectivity index (χ1n) is 6.72. The molecule has 3 atom stereocenters. The van der Waals surface area contributed by atoms with Crippen LogP contribution in [0.15, 0.2) is 4.99 Å². The first-order valence-corrected chi connectivity index (χ1v) is 6.72. The quantitative estimate of drug-likeness (QED) is 0.639. The minimum atomic E-state index is -2.94. The smallest absolute Gasteiger partial charge is 0.264 e. The van der Waals surface area contributed by atoms with Crippen molar-refractivity contribution in [3.05, 3.63) is 34.4 Å². The SMILES string of the molecule is COC(CC1N=C(c2c(F)c(F)c(C#N)c(F)c2F)OC1O)C(F)F. The average molecular weight is 368 g/mol. The van der Waals surface area contributed by atoms with Crippen molar-refractivity contribution in [1.29, 1.82) is 5.26 Å². The van der Waals surface area contributed by atoms with Crippen LogP contribution in [0.1, 0.15) is 17.5 Å². The van der Waals surface area contributed by atoms with Crippen LogP contribution in [0.4, 0.5) is 26.3 Å². The van der Waals surface area contributed by atoms with Gasteiger partial charge in [0.1, 0.15) is 29.3 Å². The van der Waals surface area contributed by atoms with Gasteiger partial charge in [0, 0.05) is 13.5 Å². The van der Waals surface area contributed by atoms with Gasteiger partial charge in [-0.05, 0) is 0 Å². The van der Waals surface area contributed by atoms with Crippen molar-refractivity contribution in [2.45, 2.75) is 31.3 Å². The van der Waals surface area contributed by atoms with Gasteiger partial charge in [-0.25, -0.2) is 31.3 Å². The molecule has 1 N–H and O–H groups in total. The number of rotatable bonds is 5. The summed E-state index contributed by atoms with van der Waals surface area (Å²) in [5.74, 6) is -8.87. The van der Waals surface area contributed by atoms with Gasteiger partial charge in [0.15, 0.2) is 23.3 Å². The van der Waals surface area contributed by atoms with Crippen LogP contribution in [0, 0.1) is 34.6 Å². The van der Waals surface area contributed by atoms with E-state index in [1.165, 1.54) is 0 Å². The fourth-order valence-electron chi connectivity index (χ4n) is 2.19. The summed E-state index contributed by atoms with van der Waals surface area (Å²) in [6.07, 6.45) is -7.05. The number of halogens is 6. The maximum absolute atomic E-state index is 13.9. The van der Waals surface area contributed by atoms with Gasteiger partial charge in [-0.3, -0.25) is 0 Å². The normalized spacial score (nSPS) is 21.0. The molecule has 0 bridgehead atoms. The average Bonchev–Trinajstić information content (AvgIpc) is 2.91. The fourth-order valence-corrected chi connectivity index (χ4v) is 2.19. The number of aliphatic hydroxyl groups excluding tert-OH is 1. The molecule has 2 rings (SSSR count). The maximum atomic E-state index is 13.9. The van der Waals surface area contributed by atoms with E-state index in [1.54, 1.807) is 0 Å². The zero-order chi connectivity index (χ0) is 18.9. The van der Waals surface area contributed by atoms with Crippen LogP contribution >= 0.6 is 0 Å². The zero-order valence-corrected chi connectivity index (χ0v) is 12.4. The Balaban J connectivity index is 2.43. The topological polar surface area (TPSA) is 74.8 Å². The zero-order valence-electron chi connectivity index (χ0n) is 12.4. The highest BCUT2D eigenvalue weighted by Gasteiger charge is 2.38. The van der Waals surface area contributed by atoms with Gasteiger partial charge in [0.25, 0.3) is 6.43 Å². The second kappa shape index (κ2) is 7.28. The number of aliphatic hydroxyl groups is 1. The highest BCUT2D eigenvalue weighted by Crippen LogP contribution is 2.29. The fraction of sp³-hybridized carbons (Fsp3) is 0.429. The number of nitriles is 1. The molecule has 1 aliphatic heterocycles. The van der Waals surface area contributed by atoms with E-state index < -0.39 is 71.6 Å². The van der Waals surface area contributed by atoms with Crippen molar-refractivity contribution in [2.24, 2.45) is 4.99 Å². The molecule has 0 aliphatic carbocycles. The predicted octanol–water partition coefficient (Wildman–Crippen LogP) is 2.25. The Bertz CT molecular complexity index is 720. The van der Waals surface area contributed by atoms with Crippen LogP contribution in [0.5, 0.6) is 0 Å². The lowest BCUT2D eigenvalue weighted by molar-refractivity contribution is -0.0698. The third kappa shape index (κ3) is 3.40. The second-order valence-electron chi connectivity index (χ2n) is 4.97. The summed E-state index contributed by atoms with van der Waals surface area (Å²) in [4.78, 5) is 3.50. The molecule has 0 fully saturated rings. The molecule has 11 heteroatoms. The molecule has 1 aromatic carbocycles. The number of methoxy groups -OCH3 is 1. The summed E-state index contributed by atoms with van der Waals surface area (Å²) in [5.41, 5.74) is -2.87. The molecule has 25 heavy (non-hydrogen) atoms. The number of aliphatic imine (C=N–C) groups is 1. The Morgan fingerprint density at radius 3 is 2.20 bits per heavy atom. The van der Waals surface area contributed by atoms with E-state index in [0.717, 1.165) is 13.2 Å². The first kappa shape index (κ1) is 19.0. The lowest BCUT2D eigenvalue weighted by Gasteiger charge is -2.18. The van der Waals surface area contributed by atoms with Crippen molar-refractivity contribution in [3.8, 4) is 6.07 Å². The largest absolute Gasteiger partial charge is 0.445 e. The number of alkyl halides is 2. The Morgan fingerprint density at radius 1 is 1.20 bits per heavy atom. The molecular weight excluding hydrogens is 358 g/mol. The summed E-state index contributed by atoms with van der Waals surface area (Å²) < 4.78 is 89.6. The molecule has 1 heterocycles. The third-order valence-electron chi connectivity index (χ3n) is 3.49. The molecule has 0 saturated heterocycles. The van der Waals surface area contributed by atoms with Crippen molar-refractivity contribution < 1.29 is 40.9 Å². The summed E-state index contributed by atoms with van der Waals surface area (Å²) in [5, 5.41) is 18.2. The molecule has 3 unspecified atom stereocenters. The summed E-state index contributed by atoms with van der Waals surface area (Å²) in [6.45, 7) is 0. The van der Waals surface area contributed by atoms with E-state index in [1.807, 2.05) is 0 Å². The third-order valence-corrected chi connectivity index (χ3v) is 3.49. The van der Waals surface area contributed by atoms with Crippen LogP contribution in [0.3, 0.4) is 0 Å². The molecule has 1 aliphatic rings. The summed E-state index contributed by atoms with van der Waals surface area (Å²) >= 11 is 0. The van der Waals surface area contributed by atoms with Gasteiger partial charge in [-0.1, -0.05) is 0 Å². The molecule has 0 amide bonds. The van der Waals surface area contributed by atoms with Gasteiger partial charge in [0.05, 0.1) is 0 Å². The van der Waals surface area contributed by atoms with Crippen molar-refractivity contribution in [3.63, 3.8) is 0 Å².